The van der Waals surface area contributed by atoms with Gasteiger partial charge in [0.25, 0.3) is 0 Å². The molecule has 6 heteroatoms. The van der Waals surface area contributed by atoms with Gasteiger partial charge in [-0.15, -0.1) is 0 Å². The molecule has 0 spiro atoms. The summed E-state index contributed by atoms with van der Waals surface area (Å²) in [6.45, 7) is 6.44. The second-order valence-electron chi connectivity index (χ2n) is 20.0. The molecule has 3 atom stereocenters. The van der Waals surface area contributed by atoms with Crippen LogP contribution in [0.1, 0.15) is 290 Å². The zero-order chi connectivity index (χ0) is 50.2. The number of aliphatic hydroxyl groups excluding tert-OH is 2. The van der Waals surface area contributed by atoms with Gasteiger partial charge in [0.15, 0.2) is 0 Å². The van der Waals surface area contributed by atoms with Crippen LogP contribution in [0.15, 0.2) is 72.9 Å². The van der Waals surface area contributed by atoms with Crippen molar-refractivity contribution in [1.29, 1.82) is 0 Å². The van der Waals surface area contributed by atoms with Crippen molar-refractivity contribution in [3.63, 3.8) is 0 Å². The highest BCUT2D eigenvalue weighted by atomic mass is 16.5. The van der Waals surface area contributed by atoms with Gasteiger partial charge in [0.2, 0.25) is 5.91 Å². The number of hydrogen-bond acceptors (Lipinski definition) is 5. The summed E-state index contributed by atoms with van der Waals surface area (Å²) in [5.74, 6) is -0.521. The molecular weight excluding hydrogens is 851 g/mol. The summed E-state index contributed by atoms with van der Waals surface area (Å²) in [5.41, 5.74) is 0. The minimum Gasteiger partial charge on any atom is -0.462 e. The molecule has 0 aromatic carbocycles. The third-order valence-corrected chi connectivity index (χ3v) is 13.3. The Kier molecular flexibility index (Phi) is 54.0. The highest BCUT2D eigenvalue weighted by Crippen LogP contribution is 2.18. The van der Waals surface area contributed by atoms with E-state index in [9.17, 15) is 19.8 Å². The maximum Gasteiger partial charge on any atom is 0.306 e. The van der Waals surface area contributed by atoms with Gasteiger partial charge in [-0.2, -0.15) is 0 Å². The van der Waals surface area contributed by atoms with Gasteiger partial charge in [0.1, 0.15) is 6.10 Å². The smallest absolute Gasteiger partial charge is 0.306 e. The van der Waals surface area contributed by atoms with E-state index in [1.165, 1.54) is 154 Å². The van der Waals surface area contributed by atoms with Crippen LogP contribution in [0.2, 0.25) is 0 Å². The van der Waals surface area contributed by atoms with Gasteiger partial charge in [0.05, 0.1) is 25.2 Å². The van der Waals surface area contributed by atoms with Crippen LogP contribution in [0.3, 0.4) is 0 Å². The van der Waals surface area contributed by atoms with Gasteiger partial charge in [0, 0.05) is 6.42 Å². The predicted octanol–water partition coefficient (Wildman–Crippen LogP) is 18.5. The predicted molar refractivity (Wildman–Crippen MR) is 301 cm³/mol. The molecule has 1 amide bonds. The number of carbonyl (C=O) groups excluding carboxylic acids is 2. The average Bonchev–Trinajstić information content (AvgIpc) is 3.34. The molecule has 3 unspecified atom stereocenters. The summed E-state index contributed by atoms with van der Waals surface area (Å²) in [6.07, 6.45) is 72.5. The fourth-order valence-corrected chi connectivity index (χ4v) is 8.74. The highest BCUT2D eigenvalue weighted by Gasteiger charge is 2.24. The lowest BCUT2D eigenvalue weighted by molar-refractivity contribution is -0.151. The Morgan fingerprint density at radius 3 is 1.16 bits per heavy atom. The van der Waals surface area contributed by atoms with E-state index in [1.807, 2.05) is 0 Å². The maximum atomic E-state index is 13.3. The van der Waals surface area contributed by atoms with Crippen LogP contribution in [0.4, 0.5) is 0 Å². The Morgan fingerprint density at radius 1 is 0.420 bits per heavy atom. The van der Waals surface area contributed by atoms with Crippen molar-refractivity contribution in [2.24, 2.45) is 0 Å². The zero-order valence-electron chi connectivity index (χ0n) is 45.7. The number of carbonyl (C=O) groups is 2. The number of hydrogen-bond donors (Lipinski definition) is 3. The number of aliphatic hydroxyl groups is 2. The van der Waals surface area contributed by atoms with Crippen molar-refractivity contribution in [2.45, 2.75) is 309 Å². The molecule has 0 rings (SSSR count). The maximum absolute atomic E-state index is 13.3. The lowest BCUT2D eigenvalue weighted by Gasteiger charge is -2.24. The normalized spacial score (nSPS) is 13.6. The van der Waals surface area contributed by atoms with E-state index < -0.39 is 18.2 Å². The molecular formula is C63H113NO5. The molecule has 400 valence electrons. The van der Waals surface area contributed by atoms with Crippen molar-refractivity contribution in [1.82, 2.24) is 5.32 Å². The molecule has 0 aromatic rings. The zero-order valence-corrected chi connectivity index (χ0v) is 45.7. The number of nitrogens with one attached hydrogen (secondary N) is 1. The Morgan fingerprint density at radius 2 is 0.739 bits per heavy atom. The molecule has 0 aliphatic carbocycles. The number of unbranched alkanes of at least 4 members (excludes halogenated alkanes) is 29. The molecule has 6 nitrogen and oxygen atoms in total. The summed E-state index contributed by atoms with van der Waals surface area (Å²) in [5, 5.41) is 23.9. The molecule has 0 fully saturated rings. The third-order valence-electron chi connectivity index (χ3n) is 13.3. The van der Waals surface area contributed by atoms with Gasteiger partial charge >= 0.3 is 5.97 Å². The average molecular weight is 965 g/mol. The Balaban J connectivity index is 4.62. The fourth-order valence-electron chi connectivity index (χ4n) is 8.74. The number of amides is 1. The number of rotatable bonds is 53. The SMILES string of the molecule is CCCCC/C=C\C/C=C\C/C=C\CCCCCCCCC(=O)OC(CCCC/C=C\C/C=C\C/C=C\CCCCC)CC(=O)NC(CO)C(O)CCCCCCCCCCCCCCCCCC. The molecule has 0 bridgehead atoms. The van der Waals surface area contributed by atoms with Crippen molar-refractivity contribution >= 4 is 11.9 Å². The molecule has 0 saturated carbocycles. The van der Waals surface area contributed by atoms with Crippen LogP contribution < -0.4 is 5.32 Å². The first kappa shape index (κ1) is 66.3. The van der Waals surface area contributed by atoms with Crippen LogP contribution >= 0.6 is 0 Å². The van der Waals surface area contributed by atoms with Gasteiger partial charge < -0.3 is 20.3 Å². The van der Waals surface area contributed by atoms with E-state index in [2.05, 4.69) is 99.0 Å². The van der Waals surface area contributed by atoms with E-state index >= 15 is 0 Å². The molecule has 0 heterocycles. The quantitative estimate of drug-likeness (QED) is 0.0321. The molecule has 0 aromatic heterocycles. The lowest BCUT2D eigenvalue weighted by atomic mass is 10.0. The first-order chi connectivity index (χ1) is 34.0. The van der Waals surface area contributed by atoms with Crippen LogP contribution in [-0.2, 0) is 14.3 Å². The monoisotopic (exact) mass is 964 g/mol. The summed E-state index contributed by atoms with van der Waals surface area (Å²) in [7, 11) is 0. The van der Waals surface area contributed by atoms with Gasteiger partial charge in [-0.05, 0) is 103 Å². The van der Waals surface area contributed by atoms with Crippen LogP contribution in [0.5, 0.6) is 0 Å². The Labute approximate surface area is 428 Å². The molecule has 3 N–H and O–H groups in total. The minimum absolute atomic E-state index is 0.0446. The van der Waals surface area contributed by atoms with E-state index in [-0.39, 0.29) is 24.9 Å². The van der Waals surface area contributed by atoms with E-state index in [0.717, 1.165) is 89.9 Å². The Hall–Kier alpha value is -2.70. The van der Waals surface area contributed by atoms with Gasteiger partial charge in [-0.1, -0.05) is 248 Å². The largest absolute Gasteiger partial charge is 0.462 e. The minimum atomic E-state index is -0.804. The summed E-state index contributed by atoms with van der Waals surface area (Å²) < 4.78 is 5.94. The number of esters is 1. The molecule has 0 aliphatic heterocycles. The summed E-state index contributed by atoms with van der Waals surface area (Å²) in [4.78, 5) is 26.3. The molecule has 0 aliphatic rings. The van der Waals surface area contributed by atoms with Gasteiger partial charge in [-0.25, -0.2) is 0 Å². The fraction of sp³-hybridized carbons (Fsp3) is 0.778. The van der Waals surface area contributed by atoms with Crippen molar-refractivity contribution < 1.29 is 24.5 Å². The molecule has 0 radical (unpaired) electrons. The topological polar surface area (TPSA) is 95.9 Å². The van der Waals surface area contributed by atoms with Crippen LogP contribution in [0.25, 0.3) is 0 Å². The summed E-state index contributed by atoms with van der Waals surface area (Å²) in [6, 6.07) is -0.721. The van der Waals surface area contributed by atoms with Crippen LogP contribution in [-0.4, -0.2) is 46.9 Å². The van der Waals surface area contributed by atoms with Crippen molar-refractivity contribution in [3.05, 3.63) is 72.9 Å². The summed E-state index contributed by atoms with van der Waals surface area (Å²) >= 11 is 0. The molecule has 69 heavy (non-hydrogen) atoms. The first-order valence-electron chi connectivity index (χ1n) is 29.7. The van der Waals surface area contributed by atoms with E-state index in [0.29, 0.717) is 19.3 Å². The third kappa shape index (κ3) is 51.5. The standard InChI is InChI=1S/C63H113NO5/c1-4-7-10-13-16-19-22-25-28-30-31-32-35-38-41-44-47-50-53-56-63(68)69-59(54-51-48-45-42-39-36-33-27-24-21-18-15-12-9-6-3)57-62(67)64-60(58-65)61(66)55-52-49-46-43-40-37-34-29-26-23-20-17-14-11-8-5-2/h16,18-19,21,25,27-28,31-33,39,42,59-61,65-66H,4-15,17,20,22-24,26,29-30,34-38,40-41,43-58H2,1-3H3,(H,64,67)/b19-16-,21-18-,28-25-,32-31-,33-27-,42-39-. The van der Waals surface area contributed by atoms with Crippen molar-refractivity contribution in [2.75, 3.05) is 6.61 Å². The first-order valence-corrected chi connectivity index (χ1v) is 29.7. The highest BCUT2D eigenvalue weighted by molar-refractivity contribution is 5.77. The van der Waals surface area contributed by atoms with Crippen molar-refractivity contribution in [3.8, 4) is 0 Å². The Bertz CT molecular complexity index is 1270. The second-order valence-corrected chi connectivity index (χ2v) is 20.0. The van der Waals surface area contributed by atoms with E-state index in [1.54, 1.807) is 0 Å². The van der Waals surface area contributed by atoms with Crippen LogP contribution in [0, 0.1) is 0 Å². The number of ether oxygens (including phenoxy) is 1. The van der Waals surface area contributed by atoms with E-state index in [4.69, 9.17) is 4.74 Å². The number of allylic oxidation sites excluding steroid dienone is 12. The second kappa shape index (κ2) is 56.2. The molecule has 0 saturated heterocycles. The van der Waals surface area contributed by atoms with Gasteiger partial charge in [-0.3, -0.25) is 9.59 Å². The lowest BCUT2D eigenvalue weighted by Crippen LogP contribution is -2.46.